The van der Waals surface area contributed by atoms with Gasteiger partial charge in [0.25, 0.3) is 0 Å². The van der Waals surface area contributed by atoms with E-state index in [0.29, 0.717) is 33.8 Å². The smallest absolute Gasteiger partial charge is 0.336 e. The van der Waals surface area contributed by atoms with E-state index in [1.54, 1.807) is 30.3 Å². The van der Waals surface area contributed by atoms with Crippen LogP contribution < -0.4 is 5.43 Å². The Morgan fingerprint density at radius 1 is 0.697 bits per heavy atom. The molecule has 0 amide bonds. The van der Waals surface area contributed by atoms with Crippen molar-refractivity contribution < 1.29 is 18.7 Å². The highest BCUT2D eigenvalue weighted by atomic mass is 16.4. The number of hydrogen-bond donors (Lipinski definition) is 1. The number of carbonyl (C=O) groups is 1. The number of furan rings is 1. The summed E-state index contributed by atoms with van der Waals surface area (Å²) in [5, 5.41) is 11.5. The second-order valence-corrected chi connectivity index (χ2v) is 7.85. The van der Waals surface area contributed by atoms with Crippen LogP contribution in [0.2, 0.25) is 0 Å². The summed E-state index contributed by atoms with van der Waals surface area (Å²) >= 11 is 0. The van der Waals surface area contributed by atoms with Crippen LogP contribution in [-0.4, -0.2) is 11.1 Å². The maximum atomic E-state index is 12.1. The quantitative estimate of drug-likeness (QED) is 0.316. The van der Waals surface area contributed by atoms with E-state index in [-0.39, 0.29) is 11.0 Å². The number of carboxylic acid groups (broad SMARTS) is 1. The number of benzene rings is 4. The van der Waals surface area contributed by atoms with Gasteiger partial charge in [-0.1, -0.05) is 42.5 Å². The van der Waals surface area contributed by atoms with Gasteiger partial charge in [-0.2, -0.15) is 0 Å². The van der Waals surface area contributed by atoms with E-state index >= 15 is 0 Å². The number of carboxylic acids is 1. The van der Waals surface area contributed by atoms with Gasteiger partial charge in [-0.15, -0.1) is 0 Å². The van der Waals surface area contributed by atoms with Crippen molar-refractivity contribution >= 4 is 27.9 Å². The molecule has 1 aliphatic carbocycles. The third-order valence-corrected chi connectivity index (χ3v) is 5.83. The molecule has 0 atom stereocenters. The molecule has 0 radical (unpaired) electrons. The van der Waals surface area contributed by atoms with Gasteiger partial charge < -0.3 is 13.9 Å². The summed E-state index contributed by atoms with van der Waals surface area (Å²) in [6.45, 7) is 0. The fraction of sp³-hybridized carbons (Fsp3) is 0. The zero-order valence-electron chi connectivity index (χ0n) is 17.2. The molecule has 2 aliphatic rings. The summed E-state index contributed by atoms with van der Waals surface area (Å²) in [4.78, 5) is 24.0. The molecular formula is C28H16O5. The minimum Gasteiger partial charge on any atom is -0.478 e. The lowest BCUT2D eigenvalue weighted by Crippen LogP contribution is -2.03. The fourth-order valence-corrected chi connectivity index (χ4v) is 4.33. The van der Waals surface area contributed by atoms with Crippen molar-refractivity contribution in [1.29, 1.82) is 0 Å². The van der Waals surface area contributed by atoms with Crippen molar-refractivity contribution in [2.45, 2.75) is 0 Å². The van der Waals surface area contributed by atoms with Gasteiger partial charge in [0.15, 0.2) is 5.43 Å². The topological polar surface area (TPSA) is 80.6 Å². The van der Waals surface area contributed by atoms with Gasteiger partial charge in [0, 0.05) is 33.5 Å². The van der Waals surface area contributed by atoms with Crippen molar-refractivity contribution in [1.82, 2.24) is 0 Å². The van der Waals surface area contributed by atoms with Crippen molar-refractivity contribution in [3.05, 3.63) is 107 Å². The molecule has 3 aromatic carbocycles. The Balaban J connectivity index is 1.67. The Labute approximate surface area is 187 Å². The molecule has 1 N–H and O–H groups in total. The van der Waals surface area contributed by atoms with Gasteiger partial charge in [0.1, 0.15) is 22.7 Å². The Hall–Kier alpha value is -4.64. The molecule has 158 valence electrons. The van der Waals surface area contributed by atoms with Crippen molar-refractivity contribution in [3.63, 3.8) is 0 Å². The predicted molar refractivity (Wildman–Crippen MR) is 127 cm³/mol. The number of para-hydroxylation sites is 1. The number of aromatic carboxylic acids is 1. The molecule has 0 unspecified atom stereocenters. The summed E-state index contributed by atoms with van der Waals surface area (Å²) in [5.41, 5.74) is 4.07. The van der Waals surface area contributed by atoms with Gasteiger partial charge in [-0.05, 0) is 48.0 Å². The minimum atomic E-state index is -1.02. The lowest BCUT2D eigenvalue weighted by Gasteiger charge is -2.16. The monoisotopic (exact) mass is 432 g/mol. The first-order valence-electron chi connectivity index (χ1n) is 10.4. The Morgan fingerprint density at radius 2 is 1.48 bits per heavy atom. The van der Waals surface area contributed by atoms with Gasteiger partial charge in [-0.3, -0.25) is 4.79 Å². The van der Waals surface area contributed by atoms with Gasteiger partial charge in [0.05, 0.1) is 5.56 Å². The zero-order valence-corrected chi connectivity index (χ0v) is 17.2. The molecule has 5 heteroatoms. The Morgan fingerprint density at radius 3 is 2.33 bits per heavy atom. The summed E-state index contributed by atoms with van der Waals surface area (Å²) in [6.07, 6.45) is 0. The lowest BCUT2D eigenvalue weighted by molar-refractivity contribution is 0.0697. The molecule has 4 aromatic rings. The van der Waals surface area contributed by atoms with Crippen molar-refractivity contribution in [2.24, 2.45) is 0 Å². The first-order valence-corrected chi connectivity index (χ1v) is 10.4. The molecule has 5 nitrogen and oxygen atoms in total. The first kappa shape index (κ1) is 19.1. The molecule has 1 aromatic heterocycles. The average molecular weight is 432 g/mol. The van der Waals surface area contributed by atoms with Gasteiger partial charge in [0.2, 0.25) is 0 Å². The zero-order chi connectivity index (χ0) is 22.5. The molecule has 0 fully saturated rings. The molecular weight excluding hydrogens is 416 g/mol. The molecule has 0 bridgehead atoms. The summed E-state index contributed by atoms with van der Waals surface area (Å²) in [6, 6.07) is 26.8. The molecule has 33 heavy (non-hydrogen) atoms. The SMILES string of the molecule is O=C(O)c1ccccc1-c1c2ccc(=O)cc-2oc2cc(-c3cc4ccccc4o3)ccc12. The number of fused-ring (bicyclic) bond motifs is 3. The van der Waals surface area contributed by atoms with Crippen LogP contribution in [0.4, 0.5) is 0 Å². The van der Waals surface area contributed by atoms with Crippen LogP contribution in [0.1, 0.15) is 10.4 Å². The van der Waals surface area contributed by atoms with E-state index in [9.17, 15) is 14.7 Å². The van der Waals surface area contributed by atoms with Crippen LogP contribution in [0.15, 0.2) is 105 Å². The fourth-order valence-electron chi connectivity index (χ4n) is 4.33. The van der Waals surface area contributed by atoms with E-state index in [1.165, 1.54) is 12.1 Å². The van der Waals surface area contributed by atoms with Gasteiger partial charge in [-0.25, -0.2) is 4.79 Å². The molecule has 2 heterocycles. The molecule has 0 spiro atoms. The predicted octanol–water partition coefficient (Wildman–Crippen LogP) is 6.68. The van der Waals surface area contributed by atoms with Gasteiger partial charge >= 0.3 is 5.97 Å². The second kappa shape index (κ2) is 7.21. The maximum Gasteiger partial charge on any atom is 0.336 e. The van der Waals surface area contributed by atoms with Crippen LogP contribution in [0.25, 0.3) is 55.7 Å². The number of rotatable bonds is 3. The lowest BCUT2D eigenvalue weighted by atomic mass is 9.90. The van der Waals surface area contributed by atoms with Crippen molar-refractivity contribution in [3.8, 4) is 33.8 Å². The van der Waals surface area contributed by atoms with Crippen LogP contribution >= 0.6 is 0 Å². The second-order valence-electron chi connectivity index (χ2n) is 7.85. The summed E-state index contributed by atoms with van der Waals surface area (Å²) in [5.74, 6) is 0.0671. The van der Waals surface area contributed by atoms with E-state index in [2.05, 4.69) is 0 Å². The van der Waals surface area contributed by atoms with Crippen LogP contribution in [-0.2, 0) is 0 Å². The largest absolute Gasteiger partial charge is 0.478 e. The van der Waals surface area contributed by atoms with E-state index in [0.717, 1.165) is 21.9 Å². The highest BCUT2D eigenvalue weighted by Gasteiger charge is 2.22. The standard InChI is InChI=1S/C28H16O5/c29-18-10-12-22-26(15-18)33-25-14-17(24-13-16-5-1-4-8-23(16)32-24)9-11-21(25)27(22)19-6-2-3-7-20(19)28(30)31/h1-15H,(H,30,31). The van der Waals surface area contributed by atoms with E-state index in [4.69, 9.17) is 8.83 Å². The van der Waals surface area contributed by atoms with Crippen LogP contribution in [0.3, 0.4) is 0 Å². The summed E-state index contributed by atoms with van der Waals surface area (Å²) in [7, 11) is 0. The molecule has 0 saturated carbocycles. The Bertz CT molecular complexity index is 1690. The third-order valence-electron chi connectivity index (χ3n) is 5.83. The summed E-state index contributed by atoms with van der Waals surface area (Å²) < 4.78 is 12.1. The van der Waals surface area contributed by atoms with Crippen LogP contribution in [0.5, 0.6) is 0 Å². The molecule has 1 aliphatic heterocycles. The van der Waals surface area contributed by atoms with Crippen molar-refractivity contribution in [2.75, 3.05) is 0 Å². The number of hydrogen-bond acceptors (Lipinski definition) is 4. The average Bonchev–Trinajstić information content (AvgIpc) is 3.26. The maximum absolute atomic E-state index is 12.1. The minimum absolute atomic E-state index is 0.180. The highest BCUT2D eigenvalue weighted by Crippen LogP contribution is 2.42. The van der Waals surface area contributed by atoms with Crippen LogP contribution in [0, 0.1) is 0 Å². The normalized spacial score (nSPS) is 11.4. The molecule has 0 saturated heterocycles. The third kappa shape index (κ3) is 3.10. The molecule has 6 rings (SSSR count). The van der Waals surface area contributed by atoms with E-state index in [1.807, 2.05) is 48.5 Å². The first-order chi connectivity index (χ1) is 16.1. The Kier molecular flexibility index (Phi) is 4.17. The highest BCUT2D eigenvalue weighted by molar-refractivity contribution is 6.08. The van der Waals surface area contributed by atoms with E-state index < -0.39 is 5.97 Å².